The van der Waals surface area contributed by atoms with E-state index in [4.69, 9.17) is 4.78 Å². The molecule has 1 unspecified atom stereocenters. The summed E-state index contributed by atoms with van der Waals surface area (Å²) in [6, 6.07) is 6.10. The van der Waals surface area contributed by atoms with Crippen molar-refractivity contribution >= 4 is 15.7 Å². The van der Waals surface area contributed by atoms with Crippen molar-refractivity contribution < 1.29 is 13.7 Å². The molecule has 0 bridgehead atoms. The van der Waals surface area contributed by atoms with Crippen LogP contribution in [0.2, 0.25) is 0 Å². The Balaban J connectivity index is 3.06. The van der Waals surface area contributed by atoms with Crippen LogP contribution in [-0.4, -0.2) is 23.0 Å². The predicted molar refractivity (Wildman–Crippen MR) is 57.5 cm³/mol. The van der Waals surface area contributed by atoms with Crippen LogP contribution < -0.4 is 0 Å². The maximum absolute atomic E-state index is 11.7. The van der Waals surface area contributed by atoms with Gasteiger partial charge in [0.05, 0.1) is 22.4 Å². The first-order valence-corrected chi connectivity index (χ1v) is 6.19. The molecule has 1 atom stereocenters. The third-order valence-electron chi connectivity index (χ3n) is 2.06. The Bertz CT molecular complexity index is 448. The van der Waals surface area contributed by atoms with E-state index >= 15 is 0 Å². The second-order valence-electron chi connectivity index (χ2n) is 2.98. The maximum atomic E-state index is 11.7. The standard InChI is InChI=1S/C10H13NO3S/c1-3-15(11,13)9-6-4-8(5-7-9)10(12)14-2/h4-7,11H,3H2,1-2H3. The Morgan fingerprint density at radius 3 is 2.33 bits per heavy atom. The average Bonchev–Trinajstić information content (AvgIpc) is 2.28. The van der Waals surface area contributed by atoms with E-state index in [0.29, 0.717) is 10.5 Å². The minimum absolute atomic E-state index is 0.268. The third-order valence-corrected chi connectivity index (χ3v) is 3.91. The summed E-state index contributed by atoms with van der Waals surface area (Å²) >= 11 is 0. The van der Waals surface area contributed by atoms with Gasteiger partial charge in [0.15, 0.2) is 0 Å². The fourth-order valence-electron chi connectivity index (χ4n) is 1.10. The summed E-state index contributed by atoms with van der Waals surface area (Å²) in [6.45, 7) is 1.70. The second kappa shape index (κ2) is 4.44. The third kappa shape index (κ3) is 2.56. The number of methoxy groups -OCH3 is 1. The highest BCUT2D eigenvalue weighted by atomic mass is 32.2. The smallest absolute Gasteiger partial charge is 0.337 e. The number of hydrogen-bond acceptors (Lipinski definition) is 4. The zero-order valence-corrected chi connectivity index (χ0v) is 9.47. The lowest BCUT2D eigenvalue weighted by molar-refractivity contribution is 0.0600. The second-order valence-corrected chi connectivity index (χ2v) is 5.38. The molecule has 4 nitrogen and oxygen atoms in total. The molecule has 0 spiro atoms. The minimum Gasteiger partial charge on any atom is -0.465 e. The van der Waals surface area contributed by atoms with Gasteiger partial charge in [0.1, 0.15) is 0 Å². The van der Waals surface area contributed by atoms with Crippen LogP contribution in [-0.2, 0) is 14.5 Å². The molecule has 15 heavy (non-hydrogen) atoms. The van der Waals surface area contributed by atoms with E-state index in [0.717, 1.165) is 0 Å². The fourth-order valence-corrected chi connectivity index (χ4v) is 2.00. The monoisotopic (exact) mass is 227 g/mol. The Morgan fingerprint density at radius 1 is 1.40 bits per heavy atom. The summed E-state index contributed by atoms with van der Waals surface area (Å²) in [5.41, 5.74) is 0.396. The number of esters is 1. The lowest BCUT2D eigenvalue weighted by Crippen LogP contribution is -2.04. The summed E-state index contributed by atoms with van der Waals surface area (Å²) in [6.07, 6.45) is 0. The van der Waals surface area contributed by atoms with Gasteiger partial charge in [-0.1, -0.05) is 6.92 Å². The molecule has 1 N–H and O–H groups in total. The van der Waals surface area contributed by atoms with Crippen LogP contribution in [0.3, 0.4) is 0 Å². The summed E-state index contributed by atoms with van der Waals surface area (Å²) in [7, 11) is -1.40. The molecule has 0 aliphatic carbocycles. The SMILES string of the molecule is CCS(=N)(=O)c1ccc(C(=O)OC)cc1. The van der Waals surface area contributed by atoms with Crippen LogP contribution >= 0.6 is 0 Å². The Labute approximate surface area is 89.2 Å². The zero-order chi connectivity index (χ0) is 11.5. The van der Waals surface area contributed by atoms with Crippen LogP contribution in [0.25, 0.3) is 0 Å². The Kier molecular flexibility index (Phi) is 3.47. The van der Waals surface area contributed by atoms with E-state index in [-0.39, 0.29) is 5.75 Å². The van der Waals surface area contributed by atoms with Crippen molar-refractivity contribution in [3.05, 3.63) is 29.8 Å². The molecule has 1 aromatic carbocycles. The van der Waals surface area contributed by atoms with Gasteiger partial charge in [-0.2, -0.15) is 0 Å². The lowest BCUT2D eigenvalue weighted by Gasteiger charge is -2.05. The van der Waals surface area contributed by atoms with Gasteiger partial charge < -0.3 is 4.74 Å². The van der Waals surface area contributed by atoms with Gasteiger partial charge in [-0.15, -0.1) is 0 Å². The number of hydrogen-bond donors (Lipinski definition) is 1. The molecule has 0 saturated carbocycles. The molecular weight excluding hydrogens is 214 g/mol. The van der Waals surface area contributed by atoms with Crippen molar-refractivity contribution in [3.8, 4) is 0 Å². The molecule has 0 aromatic heterocycles. The van der Waals surface area contributed by atoms with Gasteiger partial charge in [-0.25, -0.2) is 13.8 Å². The molecule has 1 aromatic rings. The van der Waals surface area contributed by atoms with E-state index in [2.05, 4.69) is 4.74 Å². The first kappa shape index (κ1) is 11.7. The highest BCUT2D eigenvalue weighted by Crippen LogP contribution is 2.13. The summed E-state index contributed by atoms with van der Waals surface area (Å²) in [5.74, 6) is -0.167. The molecule has 82 valence electrons. The van der Waals surface area contributed by atoms with Gasteiger partial charge in [0, 0.05) is 10.6 Å². The maximum Gasteiger partial charge on any atom is 0.337 e. The molecule has 5 heteroatoms. The summed E-state index contributed by atoms with van der Waals surface area (Å²) in [4.78, 5) is 11.5. The lowest BCUT2D eigenvalue weighted by atomic mass is 10.2. The van der Waals surface area contributed by atoms with E-state index in [9.17, 15) is 9.00 Å². The number of carbonyl (C=O) groups is 1. The van der Waals surface area contributed by atoms with Crippen molar-refractivity contribution in [1.29, 1.82) is 4.78 Å². The first-order valence-electron chi connectivity index (χ1n) is 4.46. The molecule has 0 aliphatic heterocycles. The molecular formula is C10H13NO3S. The molecule has 1 rings (SSSR count). The zero-order valence-electron chi connectivity index (χ0n) is 8.65. The molecule has 0 aliphatic rings. The van der Waals surface area contributed by atoms with Crippen LogP contribution in [0.15, 0.2) is 29.2 Å². The van der Waals surface area contributed by atoms with Gasteiger partial charge >= 0.3 is 5.97 Å². The van der Waals surface area contributed by atoms with E-state index in [1.807, 2.05) is 0 Å². The average molecular weight is 227 g/mol. The number of nitrogens with one attached hydrogen (secondary N) is 1. The van der Waals surface area contributed by atoms with Crippen LogP contribution in [0.5, 0.6) is 0 Å². The van der Waals surface area contributed by atoms with Crippen LogP contribution in [0.1, 0.15) is 17.3 Å². The van der Waals surface area contributed by atoms with Crippen LogP contribution in [0, 0.1) is 4.78 Å². The quantitative estimate of drug-likeness (QED) is 0.802. The van der Waals surface area contributed by atoms with Crippen molar-refractivity contribution in [2.24, 2.45) is 0 Å². The number of benzene rings is 1. The highest BCUT2D eigenvalue weighted by molar-refractivity contribution is 7.92. The molecule has 0 radical (unpaired) electrons. The Morgan fingerprint density at radius 2 is 1.93 bits per heavy atom. The predicted octanol–water partition coefficient (Wildman–Crippen LogP) is 1.90. The molecule has 0 saturated heterocycles. The molecule has 0 fully saturated rings. The fraction of sp³-hybridized carbons (Fsp3) is 0.300. The first-order chi connectivity index (χ1) is 7.01. The van der Waals surface area contributed by atoms with Gasteiger partial charge in [0.25, 0.3) is 0 Å². The van der Waals surface area contributed by atoms with Gasteiger partial charge in [-0.05, 0) is 24.3 Å². The number of carbonyl (C=O) groups excluding carboxylic acids is 1. The van der Waals surface area contributed by atoms with E-state index in [1.165, 1.54) is 31.4 Å². The van der Waals surface area contributed by atoms with Crippen molar-refractivity contribution in [2.75, 3.05) is 12.9 Å². The van der Waals surface area contributed by atoms with E-state index in [1.54, 1.807) is 6.92 Å². The normalized spacial score (nSPS) is 14.3. The number of rotatable bonds is 3. The summed E-state index contributed by atoms with van der Waals surface area (Å²) in [5, 5.41) is 0. The van der Waals surface area contributed by atoms with Crippen LogP contribution in [0.4, 0.5) is 0 Å². The van der Waals surface area contributed by atoms with E-state index < -0.39 is 15.7 Å². The molecule has 0 amide bonds. The van der Waals surface area contributed by atoms with Crippen molar-refractivity contribution in [3.63, 3.8) is 0 Å². The Hall–Kier alpha value is -1.36. The summed E-state index contributed by atoms with van der Waals surface area (Å²) < 4.78 is 23.7. The molecule has 0 heterocycles. The van der Waals surface area contributed by atoms with Gasteiger partial charge in [0.2, 0.25) is 0 Å². The number of ether oxygens (including phenoxy) is 1. The topological polar surface area (TPSA) is 67.2 Å². The minimum atomic E-state index is -2.70. The largest absolute Gasteiger partial charge is 0.465 e. The van der Waals surface area contributed by atoms with Gasteiger partial charge in [-0.3, -0.25) is 0 Å². The van der Waals surface area contributed by atoms with Crippen molar-refractivity contribution in [2.45, 2.75) is 11.8 Å². The van der Waals surface area contributed by atoms with Crippen molar-refractivity contribution in [1.82, 2.24) is 0 Å². The highest BCUT2D eigenvalue weighted by Gasteiger charge is 2.09.